The normalized spacial score (nSPS) is 19.7. The van der Waals surface area contributed by atoms with E-state index in [1.807, 2.05) is 0 Å². The second kappa shape index (κ2) is 14.4. The number of benzene rings is 1. The maximum Gasteiger partial charge on any atom is 0.191 e. The molecule has 2 saturated heterocycles. The number of rotatable bonds is 8. The van der Waals surface area contributed by atoms with Crippen molar-refractivity contribution in [1.29, 1.82) is 0 Å². The van der Waals surface area contributed by atoms with Gasteiger partial charge in [-0.1, -0.05) is 31.2 Å². The van der Waals surface area contributed by atoms with E-state index in [1.165, 1.54) is 69.8 Å². The summed E-state index contributed by atoms with van der Waals surface area (Å²) in [7, 11) is 0. The lowest BCUT2D eigenvalue weighted by Crippen LogP contribution is -2.49. The number of halogens is 1. The number of hydrogen-bond acceptors (Lipinski definition) is 4. The Bertz CT molecular complexity index is 662. The molecular weight excluding hydrogens is 511 g/mol. The first kappa shape index (κ1) is 27.3. The van der Waals surface area contributed by atoms with E-state index in [0.29, 0.717) is 12.1 Å². The summed E-state index contributed by atoms with van der Waals surface area (Å²) in [5, 5.41) is 7.08. The molecule has 2 N–H and O–H groups in total. The molecule has 2 aliphatic rings. The molecule has 2 fully saturated rings. The minimum atomic E-state index is 0. The molecule has 0 amide bonds. The van der Waals surface area contributed by atoms with Crippen LogP contribution in [0.4, 0.5) is 0 Å². The van der Waals surface area contributed by atoms with Gasteiger partial charge in [0.2, 0.25) is 0 Å². The summed E-state index contributed by atoms with van der Waals surface area (Å²) < 4.78 is 0. The molecule has 3 rings (SSSR count). The van der Waals surface area contributed by atoms with Crippen molar-refractivity contribution in [3.63, 3.8) is 0 Å². The standard InChI is InChI=1S/C25H44N6.HI/c1-5-26-25(28-24-11-13-31(14-12-24)21(3)4)27-19-22-7-9-23(10-8-22)20-30-17-15-29(6-2)16-18-30;/h7-10,21,24H,5-6,11-20H2,1-4H3,(H2,26,27,28);1H. The van der Waals surface area contributed by atoms with Gasteiger partial charge in [0.05, 0.1) is 6.54 Å². The van der Waals surface area contributed by atoms with E-state index in [4.69, 9.17) is 4.99 Å². The van der Waals surface area contributed by atoms with Crippen molar-refractivity contribution in [1.82, 2.24) is 25.3 Å². The molecule has 0 aromatic heterocycles. The van der Waals surface area contributed by atoms with Gasteiger partial charge in [-0.3, -0.25) is 4.90 Å². The lowest BCUT2D eigenvalue weighted by Gasteiger charge is -2.35. The van der Waals surface area contributed by atoms with E-state index in [9.17, 15) is 0 Å². The molecule has 0 saturated carbocycles. The van der Waals surface area contributed by atoms with Gasteiger partial charge in [0.1, 0.15) is 0 Å². The Balaban J connectivity index is 0.00000363. The summed E-state index contributed by atoms with van der Waals surface area (Å²) in [4.78, 5) is 12.5. The van der Waals surface area contributed by atoms with Crippen molar-refractivity contribution < 1.29 is 0 Å². The van der Waals surface area contributed by atoms with Gasteiger partial charge < -0.3 is 20.4 Å². The van der Waals surface area contributed by atoms with E-state index >= 15 is 0 Å². The predicted octanol–water partition coefficient (Wildman–Crippen LogP) is 3.37. The summed E-state index contributed by atoms with van der Waals surface area (Å²) in [6.07, 6.45) is 2.37. The Morgan fingerprint density at radius 3 is 2.09 bits per heavy atom. The number of likely N-dealkylation sites (N-methyl/N-ethyl adjacent to an activating group) is 1. The molecule has 2 heterocycles. The molecule has 32 heavy (non-hydrogen) atoms. The molecule has 6 nitrogen and oxygen atoms in total. The monoisotopic (exact) mass is 556 g/mol. The fraction of sp³-hybridized carbons (Fsp3) is 0.720. The first-order valence-corrected chi connectivity index (χ1v) is 12.4. The summed E-state index contributed by atoms with van der Waals surface area (Å²) in [5.74, 6) is 0.948. The molecule has 0 atom stereocenters. The van der Waals surface area contributed by atoms with Gasteiger partial charge in [-0.25, -0.2) is 4.99 Å². The molecule has 2 aliphatic heterocycles. The fourth-order valence-electron chi connectivity index (χ4n) is 4.52. The van der Waals surface area contributed by atoms with Crippen molar-refractivity contribution in [2.75, 3.05) is 52.4 Å². The first-order chi connectivity index (χ1) is 15.1. The van der Waals surface area contributed by atoms with Gasteiger partial charge in [-0.05, 0) is 51.3 Å². The number of hydrogen-bond donors (Lipinski definition) is 2. The molecule has 0 spiro atoms. The maximum absolute atomic E-state index is 4.86. The Labute approximate surface area is 213 Å². The maximum atomic E-state index is 4.86. The quantitative estimate of drug-likeness (QED) is 0.292. The molecule has 0 radical (unpaired) electrons. The lowest BCUT2D eigenvalue weighted by atomic mass is 10.0. The second-order valence-corrected chi connectivity index (χ2v) is 9.27. The number of aliphatic imine (C=N–C) groups is 1. The molecule has 1 aromatic carbocycles. The zero-order valence-electron chi connectivity index (χ0n) is 20.6. The SMILES string of the molecule is CCNC(=NCc1ccc(CN2CCN(CC)CC2)cc1)NC1CCN(C(C)C)CC1.I. The van der Waals surface area contributed by atoms with Gasteiger partial charge in [0.15, 0.2) is 5.96 Å². The molecule has 0 aliphatic carbocycles. The Hall–Kier alpha value is -0.900. The third kappa shape index (κ3) is 8.80. The van der Waals surface area contributed by atoms with Gasteiger partial charge in [-0.15, -0.1) is 24.0 Å². The zero-order chi connectivity index (χ0) is 22.1. The summed E-state index contributed by atoms with van der Waals surface area (Å²) in [6, 6.07) is 10.2. The van der Waals surface area contributed by atoms with Gasteiger partial charge in [0, 0.05) is 64.4 Å². The first-order valence-electron chi connectivity index (χ1n) is 12.4. The fourth-order valence-corrected chi connectivity index (χ4v) is 4.52. The molecule has 1 aromatic rings. The number of piperazine rings is 1. The summed E-state index contributed by atoms with van der Waals surface area (Å²) in [5.41, 5.74) is 2.67. The van der Waals surface area contributed by atoms with Crippen LogP contribution in [0.3, 0.4) is 0 Å². The second-order valence-electron chi connectivity index (χ2n) is 9.27. The number of likely N-dealkylation sites (tertiary alicyclic amines) is 1. The number of nitrogens with one attached hydrogen (secondary N) is 2. The molecular formula is C25H45IN6. The van der Waals surface area contributed by atoms with Crippen LogP contribution in [0, 0.1) is 0 Å². The van der Waals surface area contributed by atoms with E-state index in [1.54, 1.807) is 0 Å². The zero-order valence-corrected chi connectivity index (χ0v) is 23.0. The van der Waals surface area contributed by atoms with Crippen molar-refractivity contribution >= 4 is 29.9 Å². The highest BCUT2D eigenvalue weighted by molar-refractivity contribution is 14.0. The van der Waals surface area contributed by atoms with E-state index < -0.39 is 0 Å². The van der Waals surface area contributed by atoms with Crippen LogP contribution in [0.15, 0.2) is 29.3 Å². The smallest absolute Gasteiger partial charge is 0.191 e. The summed E-state index contributed by atoms with van der Waals surface area (Å²) >= 11 is 0. The van der Waals surface area contributed by atoms with Crippen LogP contribution in [0.5, 0.6) is 0 Å². The van der Waals surface area contributed by atoms with Crippen molar-refractivity contribution in [2.24, 2.45) is 4.99 Å². The van der Waals surface area contributed by atoms with Crippen LogP contribution < -0.4 is 10.6 Å². The van der Waals surface area contributed by atoms with Crippen LogP contribution >= 0.6 is 24.0 Å². The minimum absolute atomic E-state index is 0. The van der Waals surface area contributed by atoms with Gasteiger partial charge >= 0.3 is 0 Å². The highest BCUT2D eigenvalue weighted by Gasteiger charge is 2.21. The van der Waals surface area contributed by atoms with Crippen LogP contribution in [0.25, 0.3) is 0 Å². The van der Waals surface area contributed by atoms with Crippen LogP contribution in [-0.2, 0) is 13.1 Å². The molecule has 0 bridgehead atoms. The van der Waals surface area contributed by atoms with Crippen LogP contribution in [-0.4, -0.2) is 85.1 Å². The van der Waals surface area contributed by atoms with Crippen molar-refractivity contribution in [3.8, 4) is 0 Å². The van der Waals surface area contributed by atoms with Crippen LogP contribution in [0.1, 0.15) is 51.7 Å². The average Bonchev–Trinajstić information content (AvgIpc) is 2.79. The third-order valence-electron chi connectivity index (χ3n) is 6.71. The molecule has 0 unspecified atom stereocenters. The summed E-state index contributed by atoms with van der Waals surface area (Å²) in [6.45, 7) is 19.9. The van der Waals surface area contributed by atoms with Crippen molar-refractivity contribution in [3.05, 3.63) is 35.4 Å². The lowest BCUT2D eigenvalue weighted by molar-refractivity contribution is 0.132. The van der Waals surface area contributed by atoms with Gasteiger partial charge in [0.25, 0.3) is 0 Å². The van der Waals surface area contributed by atoms with Crippen molar-refractivity contribution in [2.45, 2.75) is 65.7 Å². The minimum Gasteiger partial charge on any atom is -0.357 e. The Morgan fingerprint density at radius 1 is 0.938 bits per heavy atom. The topological polar surface area (TPSA) is 46.1 Å². The largest absolute Gasteiger partial charge is 0.357 e. The third-order valence-corrected chi connectivity index (χ3v) is 6.71. The Kier molecular flexibility index (Phi) is 12.3. The van der Waals surface area contributed by atoms with E-state index in [-0.39, 0.29) is 24.0 Å². The van der Waals surface area contributed by atoms with E-state index in [0.717, 1.165) is 25.6 Å². The molecule has 7 heteroatoms. The Morgan fingerprint density at radius 2 is 1.53 bits per heavy atom. The predicted molar refractivity (Wildman–Crippen MR) is 147 cm³/mol. The highest BCUT2D eigenvalue weighted by Crippen LogP contribution is 2.13. The highest BCUT2D eigenvalue weighted by atomic mass is 127. The molecule has 182 valence electrons. The van der Waals surface area contributed by atoms with Gasteiger partial charge in [-0.2, -0.15) is 0 Å². The van der Waals surface area contributed by atoms with E-state index in [2.05, 4.69) is 77.3 Å². The van der Waals surface area contributed by atoms with Crippen LogP contribution in [0.2, 0.25) is 0 Å². The number of guanidine groups is 1. The number of piperidine rings is 1. The number of nitrogens with zero attached hydrogens (tertiary/aromatic N) is 4. The average molecular weight is 557 g/mol.